The third-order valence-corrected chi connectivity index (χ3v) is 6.75. The van der Waals surface area contributed by atoms with Gasteiger partial charge in [0.05, 0.1) is 37.8 Å². The van der Waals surface area contributed by atoms with E-state index >= 15 is 0 Å². The number of amides is 1. The Morgan fingerprint density at radius 2 is 1.74 bits per heavy atom. The Kier molecular flexibility index (Phi) is 8.71. The fourth-order valence-corrected chi connectivity index (χ4v) is 4.63. The number of carboxylic acids is 1. The van der Waals surface area contributed by atoms with Gasteiger partial charge in [-0.15, -0.1) is 4.99 Å². The Morgan fingerprint density at radius 3 is 2.32 bits per heavy atom. The van der Waals surface area contributed by atoms with E-state index in [0.717, 1.165) is 5.56 Å². The van der Waals surface area contributed by atoms with E-state index in [9.17, 15) is 14.9 Å². The number of aliphatic carboxylic acids is 1. The lowest BCUT2D eigenvalue weighted by atomic mass is 10.0. The number of nitriles is 1. The number of aliphatic imine (C=N–C) groups is 1. The molecule has 4 rings (SSSR count). The van der Waals surface area contributed by atoms with E-state index in [-0.39, 0.29) is 31.4 Å². The molecule has 1 unspecified atom stereocenters. The second kappa shape index (κ2) is 12.2. The summed E-state index contributed by atoms with van der Waals surface area (Å²) in [7, 11) is 0. The quantitative estimate of drug-likeness (QED) is 0.299. The summed E-state index contributed by atoms with van der Waals surface area (Å²) in [5.74, 6) is -0.278. The van der Waals surface area contributed by atoms with Gasteiger partial charge in [-0.1, -0.05) is 35.3 Å². The number of benzene rings is 2. The fraction of sp³-hybridized carbons (Fsp3) is 0.346. The molecule has 1 fully saturated rings. The predicted octanol–water partition coefficient (Wildman–Crippen LogP) is 3.70. The van der Waals surface area contributed by atoms with Crippen molar-refractivity contribution in [2.45, 2.75) is 31.9 Å². The molecular weight excluding hydrogens is 531 g/mol. The minimum Gasteiger partial charge on any atom is -0.487 e. The van der Waals surface area contributed by atoms with Crippen molar-refractivity contribution in [2.75, 3.05) is 26.2 Å². The zero-order valence-electron chi connectivity index (χ0n) is 20.6. The summed E-state index contributed by atoms with van der Waals surface area (Å²) in [6.45, 7) is 3.43. The van der Waals surface area contributed by atoms with E-state index < -0.39 is 12.0 Å². The highest BCUT2D eigenvalue weighted by atomic mass is 35.5. The number of guanidine groups is 1. The standard InChI is InChI=1S/C26H26Cl2N6O4/c1-2-33(23(35)11-12-24(36)37)22-15-34(31-25(22)17-3-5-18(27)6-4-17)26(30-16-29)32-13-21(14-32)38-20-9-7-19(28)8-10-20/h3-10,21-22H,2,11-15H2,1H3,(H,36,37). The molecule has 2 heterocycles. The molecule has 10 nitrogen and oxygen atoms in total. The number of carbonyl (C=O) groups excluding carboxylic acids is 1. The smallest absolute Gasteiger partial charge is 0.303 e. The van der Waals surface area contributed by atoms with Crippen LogP contribution < -0.4 is 4.74 Å². The lowest BCUT2D eigenvalue weighted by Crippen LogP contribution is -2.59. The molecular formula is C26H26Cl2N6O4. The van der Waals surface area contributed by atoms with Crippen LogP contribution in [-0.2, 0) is 9.59 Å². The molecule has 0 radical (unpaired) electrons. The maximum Gasteiger partial charge on any atom is 0.303 e. The lowest BCUT2D eigenvalue weighted by molar-refractivity contribution is -0.141. The molecule has 2 aliphatic rings. The number of likely N-dealkylation sites (tertiary alicyclic amines) is 1. The highest BCUT2D eigenvalue weighted by Crippen LogP contribution is 2.26. The monoisotopic (exact) mass is 556 g/mol. The Labute approximate surface area is 230 Å². The van der Waals surface area contributed by atoms with Crippen LogP contribution in [0.2, 0.25) is 10.0 Å². The van der Waals surface area contributed by atoms with E-state index in [1.165, 1.54) is 0 Å². The molecule has 1 amide bonds. The predicted molar refractivity (Wildman–Crippen MR) is 143 cm³/mol. The van der Waals surface area contributed by atoms with Crippen molar-refractivity contribution in [3.05, 3.63) is 64.1 Å². The van der Waals surface area contributed by atoms with Gasteiger partial charge in [-0.3, -0.25) is 9.59 Å². The van der Waals surface area contributed by atoms with Crippen LogP contribution in [0.15, 0.2) is 58.6 Å². The Hall–Kier alpha value is -3.81. The average molecular weight is 557 g/mol. The van der Waals surface area contributed by atoms with Crippen LogP contribution in [0.4, 0.5) is 0 Å². The summed E-state index contributed by atoms with van der Waals surface area (Å²) < 4.78 is 5.98. The van der Waals surface area contributed by atoms with Gasteiger partial charge in [0.2, 0.25) is 18.1 Å². The van der Waals surface area contributed by atoms with Crippen molar-refractivity contribution in [1.82, 2.24) is 14.8 Å². The molecule has 2 aromatic rings. The van der Waals surface area contributed by atoms with Gasteiger partial charge in [0.25, 0.3) is 0 Å². The number of ether oxygens (including phenoxy) is 1. The number of hydrazone groups is 1. The summed E-state index contributed by atoms with van der Waals surface area (Å²) in [4.78, 5) is 31.6. The SMILES string of the molecule is CCN(C(=O)CCC(=O)O)C1CN(C(=NC#N)N2CC(Oc3ccc(Cl)cc3)C2)N=C1c1ccc(Cl)cc1. The number of nitrogens with zero attached hydrogens (tertiary/aromatic N) is 6. The first-order valence-electron chi connectivity index (χ1n) is 12.1. The molecule has 2 aliphatic heterocycles. The Morgan fingerprint density at radius 1 is 1.11 bits per heavy atom. The van der Waals surface area contributed by atoms with Gasteiger partial charge in [0, 0.05) is 28.6 Å². The first-order valence-corrected chi connectivity index (χ1v) is 12.8. The van der Waals surface area contributed by atoms with Crippen molar-refractivity contribution in [1.29, 1.82) is 5.26 Å². The minimum atomic E-state index is -1.04. The summed E-state index contributed by atoms with van der Waals surface area (Å²) in [5.41, 5.74) is 1.36. The van der Waals surface area contributed by atoms with Crippen LogP contribution in [0.5, 0.6) is 5.75 Å². The molecule has 0 spiro atoms. The van der Waals surface area contributed by atoms with Crippen LogP contribution in [0.1, 0.15) is 25.3 Å². The van der Waals surface area contributed by atoms with Gasteiger partial charge in [-0.25, -0.2) is 5.01 Å². The third-order valence-electron chi connectivity index (χ3n) is 6.25. The first kappa shape index (κ1) is 27.2. The molecule has 0 bridgehead atoms. The average Bonchev–Trinajstić information content (AvgIpc) is 3.30. The number of carboxylic acid groups (broad SMARTS) is 1. The van der Waals surface area contributed by atoms with E-state index in [2.05, 4.69) is 4.99 Å². The second-order valence-corrected chi connectivity index (χ2v) is 9.65. The molecule has 1 atom stereocenters. The largest absolute Gasteiger partial charge is 0.487 e. The Balaban J connectivity index is 1.54. The van der Waals surface area contributed by atoms with Crippen LogP contribution in [0.25, 0.3) is 0 Å². The van der Waals surface area contributed by atoms with Crippen molar-refractivity contribution < 1.29 is 19.4 Å². The summed E-state index contributed by atoms with van der Waals surface area (Å²) in [5, 5.41) is 26.0. The molecule has 2 aromatic carbocycles. The van der Waals surface area contributed by atoms with Gasteiger partial charge in [-0.05, 0) is 43.3 Å². The number of carbonyl (C=O) groups is 2. The zero-order valence-corrected chi connectivity index (χ0v) is 22.1. The van der Waals surface area contributed by atoms with Gasteiger partial charge >= 0.3 is 5.97 Å². The number of halogens is 2. The topological polar surface area (TPSA) is 122 Å². The minimum absolute atomic E-state index is 0.108. The summed E-state index contributed by atoms with van der Waals surface area (Å²) >= 11 is 12.0. The maximum atomic E-state index is 13.0. The zero-order chi connectivity index (χ0) is 27.2. The van der Waals surface area contributed by atoms with E-state index in [1.807, 2.05) is 30.1 Å². The molecule has 38 heavy (non-hydrogen) atoms. The van der Waals surface area contributed by atoms with Crippen LogP contribution in [-0.4, -0.2) is 81.8 Å². The van der Waals surface area contributed by atoms with Gasteiger partial charge in [-0.2, -0.15) is 10.4 Å². The van der Waals surface area contributed by atoms with Crippen LogP contribution in [0.3, 0.4) is 0 Å². The maximum absolute atomic E-state index is 13.0. The van der Waals surface area contributed by atoms with E-state index in [1.54, 1.807) is 46.3 Å². The second-order valence-electron chi connectivity index (χ2n) is 8.77. The van der Waals surface area contributed by atoms with Crippen molar-refractivity contribution in [2.24, 2.45) is 10.1 Å². The van der Waals surface area contributed by atoms with Gasteiger partial charge in [0.1, 0.15) is 11.9 Å². The molecule has 0 aromatic heterocycles. The van der Waals surface area contributed by atoms with Crippen molar-refractivity contribution in [3.8, 4) is 11.9 Å². The molecule has 198 valence electrons. The van der Waals surface area contributed by atoms with Gasteiger partial charge in [0.15, 0.2) is 0 Å². The number of hydrogen-bond donors (Lipinski definition) is 1. The number of rotatable bonds is 8. The van der Waals surface area contributed by atoms with E-state index in [0.29, 0.717) is 47.1 Å². The molecule has 0 aliphatic carbocycles. The highest BCUT2D eigenvalue weighted by molar-refractivity contribution is 6.31. The number of hydrogen-bond acceptors (Lipinski definition) is 6. The lowest BCUT2D eigenvalue weighted by Gasteiger charge is -2.42. The van der Waals surface area contributed by atoms with Gasteiger partial charge < -0.3 is 19.6 Å². The summed E-state index contributed by atoms with van der Waals surface area (Å²) in [6.07, 6.45) is 1.37. The summed E-state index contributed by atoms with van der Waals surface area (Å²) in [6, 6.07) is 13.7. The molecule has 1 saturated heterocycles. The molecule has 0 saturated carbocycles. The molecule has 12 heteroatoms. The van der Waals surface area contributed by atoms with Crippen LogP contribution >= 0.6 is 23.2 Å². The van der Waals surface area contributed by atoms with Crippen molar-refractivity contribution in [3.63, 3.8) is 0 Å². The Bertz CT molecular complexity index is 1270. The highest BCUT2D eigenvalue weighted by Gasteiger charge is 2.40. The van der Waals surface area contributed by atoms with E-state index in [4.69, 9.17) is 38.1 Å². The third kappa shape index (κ3) is 6.36. The fourth-order valence-electron chi connectivity index (χ4n) is 4.38. The normalized spacial score (nSPS) is 17.5. The van der Waals surface area contributed by atoms with Crippen LogP contribution in [0, 0.1) is 11.5 Å². The number of likely N-dealkylation sites (N-methyl/N-ethyl adjacent to an activating group) is 1. The first-order chi connectivity index (χ1) is 18.3. The van der Waals surface area contributed by atoms with Crippen molar-refractivity contribution >= 4 is 46.7 Å². The molecule has 1 N–H and O–H groups in total.